The Kier molecular flexibility index (Phi) is 4.57. The highest BCUT2D eigenvalue weighted by molar-refractivity contribution is 5.94. The molecule has 0 saturated heterocycles. The smallest absolute Gasteiger partial charge is 0.228 e. The number of carbonyl (C=O) groups excluding carboxylic acids is 1. The monoisotopic (exact) mass is 289 g/mol. The molecule has 6 nitrogen and oxygen atoms in total. The maximum atomic E-state index is 12.3. The third-order valence-corrected chi connectivity index (χ3v) is 3.54. The van der Waals surface area contributed by atoms with Gasteiger partial charge in [-0.15, -0.1) is 0 Å². The number of rotatable bonds is 5. The largest absolute Gasteiger partial charge is 0.330 e. The predicted octanol–water partition coefficient (Wildman–Crippen LogP) is 1.84. The third-order valence-electron chi connectivity index (χ3n) is 3.54. The first kappa shape index (κ1) is 15.4. The summed E-state index contributed by atoms with van der Waals surface area (Å²) in [6.45, 7) is 6.45. The molecule has 1 amide bonds. The molecule has 1 unspecified atom stereocenters. The van der Waals surface area contributed by atoms with E-state index in [-0.39, 0.29) is 11.8 Å². The van der Waals surface area contributed by atoms with Gasteiger partial charge < -0.3 is 11.1 Å². The van der Waals surface area contributed by atoms with Crippen molar-refractivity contribution in [3.63, 3.8) is 0 Å². The molecule has 2 heterocycles. The first-order valence-corrected chi connectivity index (χ1v) is 7.22. The fourth-order valence-electron chi connectivity index (χ4n) is 2.50. The van der Waals surface area contributed by atoms with Crippen LogP contribution in [0, 0.1) is 18.8 Å². The lowest BCUT2D eigenvalue weighted by Gasteiger charge is -2.16. The Bertz CT molecular complexity index is 647. The van der Waals surface area contributed by atoms with Gasteiger partial charge in [0.2, 0.25) is 5.91 Å². The van der Waals surface area contributed by atoms with Crippen LogP contribution < -0.4 is 11.1 Å². The zero-order chi connectivity index (χ0) is 15.6. The molecule has 2 aromatic rings. The number of nitrogens with one attached hydrogen (secondary N) is 1. The van der Waals surface area contributed by atoms with E-state index in [4.69, 9.17) is 5.73 Å². The van der Waals surface area contributed by atoms with E-state index in [1.807, 2.05) is 20.0 Å². The summed E-state index contributed by atoms with van der Waals surface area (Å²) in [6.07, 6.45) is 2.44. The average Bonchev–Trinajstić information content (AvgIpc) is 2.70. The number of nitrogens with zero attached hydrogens (tertiary/aromatic N) is 3. The van der Waals surface area contributed by atoms with E-state index in [0.29, 0.717) is 18.2 Å². The maximum Gasteiger partial charge on any atom is 0.228 e. The summed E-state index contributed by atoms with van der Waals surface area (Å²) >= 11 is 0. The van der Waals surface area contributed by atoms with Crippen LogP contribution in [-0.4, -0.2) is 27.2 Å². The van der Waals surface area contributed by atoms with Crippen LogP contribution in [0.25, 0.3) is 11.0 Å². The summed E-state index contributed by atoms with van der Waals surface area (Å²) in [5, 5.41) is 8.18. The number of pyridine rings is 1. The highest BCUT2D eigenvalue weighted by Gasteiger charge is 2.18. The van der Waals surface area contributed by atoms with Crippen LogP contribution in [0.5, 0.6) is 0 Å². The van der Waals surface area contributed by atoms with Crippen molar-refractivity contribution in [3.8, 4) is 0 Å². The number of amides is 1. The number of hydrogen-bond acceptors (Lipinski definition) is 4. The molecule has 0 saturated carbocycles. The first-order valence-electron chi connectivity index (χ1n) is 7.22. The van der Waals surface area contributed by atoms with Crippen molar-refractivity contribution in [3.05, 3.63) is 18.0 Å². The van der Waals surface area contributed by atoms with Crippen molar-refractivity contribution < 1.29 is 4.79 Å². The SMILES string of the molecule is Cc1nn(C)c2ncc(NC(=O)C(CN)CC(C)C)cc12. The number of carbonyl (C=O) groups is 1. The lowest BCUT2D eigenvalue weighted by Crippen LogP contribution is -2.30. The van der Waals surface area contributed by atoms with Gasteiger partial charge in [-0.2, -0.15) is 5.10 Å². The minimum atomic E-state index is -0.171. The second kappa shape index (κ2) is 6.22. The molecule has 6 heteroatoms. The Balaban J connectivity index is 2.19. The van der Waals surface area contributed by atoms with Crippen molar-refractivity contribution in [2.75, 3.05) is 11.9 Å². The highest BCUT2D eigenvalue weighted by atomic mass is 16.1. The molecular formula is C15H23N5O. The lowest BCUT2D eigenvalue weighted by molar-refractivity contribution is -0.120. The summed E-state index contributed by atoms with van der Waals surface area (Å²) < 4.78 is 1.73. The maximum absolute atomic E-state index is 12.3. The van der Waals surface area contributed by atoms with E-state index in [1.54, 1.807) is 10.9 Å². The number of anilines is 1. The molecule has 0 spiro atoms. The molecule has 3 N–H and O–H groups in total. The first-order chi connectivity index (χ1) is 9.92. The molecule has 0 aliphatic heterocycles. The molecular weight excluding hydrogens is 266 g/mol. The van der Waals surface area contributed by atoms with Crippen molar-refractivity contribution in [1.29, 1.82) is 0 Å². The number of aryl methyl sites for hydroxylation is 2. The van der Waals surface area contributed by atoms with Gasteiger partial charge in [0.25, 0.3) is 0 Å². The predicted molar refractivity (Wildman–Crippen MR) is 83.9 cm³/mol. The standard InChI is InChI=1S/C15H23N5O/c1-9(2)5-11(7-16)15(21)18-12-6-13-10(3)19-20(4)14(13)17-8-12/h6,8-9,11H,5,7,16H2,1-4H3,(H,18,21). The minimum Gasteiger partial charge on any atom is -0.330 e. The summed E-state index contributed by atoms with van der Waals surface area (Å²) in [5.41, 5.74) is 8.10. The summed E-state index contributed by atoms with van der Waals surface area (Å²) in [7, 11) is 1.85. The molecule has 0 bridgehead atoms. The Labute approximate surface area is 124 Å². The molecule has 0 aliphatic rings. The molecule has 0 aliphatic carbocycles. The lowest BCUT2D eigenvalue weighted by atomic mass is 9.96. The van der Waals surface area contributed by atoms with E-state index in [2.05, 4.69) is 29.2 Å². The van der Waals surface area contributed by atoms with Crippen molar-refractivity contribution >= 4 is 22.6 Å². The number of aromatic nitrogens is 3. The molecule has 0 fully saturated rings. The number of hydrogen-bond donors (Lipinski definition) is 2. The third kappa shape index (κ3) is 3.39. The van der Waals surface area contributed by atoms with Gasteiger partial charge in [0.15, 0.2) is 5.65 Å². The van der Waals surface area contributed by atoms with Gasteiger partial charge in [-0.1, -0.05) is 13.8 Å². The van der Waals surface area contributed by atoms with E-state index >= 15 is 0 Å². The van der Waals surface area contributed by atoms with Crippen molar-refractivity contribution in [1.82, 2.24) is 14.8 Å². The van der Waals surface area contributed by atoms with Crippen LogP contribution >= 0.6 is 0 Å². The van der Waals surface area contributed by atoms with Crippen LogP contribution in [0.4, 0.5) is 5.69 Å². The summed E-state index contributed by atoms with van der Waals surface area (Å²) in [5.74, 6) is 0.218. The zero-order valence-corrected chi connectivity index (χ0v) is 13.1. The van der Waals surface area contributed by atoms with Gasteiger partial charge >= 0.3 is 0 Å². The Morgan fingerprint density at radius 3 is 2.81 bits per heavy atom. The summed E-state index contributed by atoms with van der Waals surface area (Å²) in [6, 6.07) is 1.91. The van der Waals surface area contributed by atoms with E-state index in [0.717, 1.165) is 23.1 Å². The Hall–Kier alpha value is -1.95. The molecule has 21 heavy (non-hydrogen) atoms. The minimum absolute atomic E-state index is 0.0473. The van der Waals surface area contributed by atoms with Crippen LogP contribution in [-0.2, 0) is 11.8 Å². The Morgan fingerprint density at radius 1 is 1.48 bits per heavy atom. The van der Waals surface area contributed by atoms with Crippen molar-refractivity contribution in [2.24, 2.45) is 24.6 Å². The van der Waals surface area contributed by atoms with Crippen LogP contribution in [0.3, 0.4) is 0 Å². The van der Waals surface area contributed by atoms with Crippen molar-refractivity contribution in [2.45, 2.75) is 27.2 Å². The van der Waals surface area contributed by atoms with Gasteiger partial charge in [-0.05, 0) is 25.3 Å². The van der Waals surface area contributed by atoms with E-state index in [9.17, 15) is 4.79 Å². The number of nitrogens with two attached hydrogens (primary N) is 1. The van der Waals surface area contributed by atoms with E-state index in [1.165, 1.54) is 0 Å². The summed E-state index contributed by atoms with van der Waals surface area (Å²) in [4.78, 5) is 16.6. The topological polar surface area (TPSA) is 85.8 Å². The Morgan fingerprint density at radius 2 is 2.19 bits per heavy atom. The zero-order valence-electron chi connectivity index (χ0n) is 13.1. The fraction of sp³-hybridized carbons (Fsp3) is 0.533. The molecule has 2 rings (SSSR count). The normalized spacial score (nSPS) is 12.9. The molecule has 114 valence electrons. The molecule has 2 aromatic heterocycles. The van der Waals surface area contributed by atoms with Gasteiger partial charge in [0.1, 0.15) is 0 Å². The molecule has 0 radical (unpaired) electrons. The number of fused-ring (bicyclic) bond motifs is 1. The van der Waals surface area contributed by atoms with E-state index < -0.39 is 0 Å². The van der Waals surface area contributed by atoms with Gasteiger partial charge in [-0.3, -0.25) is 9.48 Å². The average molecular weight is 289 g/mol. The fourth-order valence-corrected chi connectivity index (χ4v) is 2.50. The highest BCUT2D eigenvalue weighted by Crippen LogP contribution is 2.20. The van der Waals surface area contributed by atoms with Gasteiger partial charge in [0, 0.05) is 19.0 Å². The second-order valence-electron chi connectivity index (χ2n) is 5.86. The van der Waals surface area contributed by atoms with Crippen LogP contribution in [0.1, 0.15) is 26.0 Å². The van der Waals surface area contributed by atoms with Crippen LogP contribution in [0.15, 0.2) is 12.3 Å². The molecule has 1 atom stereocenters. The van der Waals surface area contributed by atoms with Crippen LogP contribution in [0.2, 0.25) is 0 Å². The molecule has 0 aromatic carbocycles. The second-order valence-corrected chi connectivity index (χ2v) is 5.86. The van der Waals surface area contributed by atoms with Gasteiger partial charge in [-0.25, -0.2) is 4.98 Å². The van der Waals surface area contributed by atoms with Gasteiger partial charge in [0.05, 0.1) is 23.5 Å². The quantitative estimate of drug-likeness (QED) is 0.879.